The molecule has 1 aromatic carbocycles. The zero-order valence-corrected chi connectivity index (χ0v) is 26.0. The van der Waals surface area contributed by atoms with Gasteiger partial charge < -0.3 is 24.3 Å². The Hall–Kier alpha value is -4.09. The topological polar surface area (TPSA) is 116 Å². The van der Waals surface area contributed by atoms with Crippen molar-refractivity contribution in [2.45, 2.75) is 32.7 Å². The summed E-state index contributed by atoms with van der Waals surface area (Å²) in [6.07, 6.45) is 3.24. The van der Waals surface area contributed by atoms with Gasteiger partial charge in [0.1, 0.15) is 10.7 Å². The molecule has 0 saturated carbocycles. The van der Waals surface area contributed by atoms with E-state index in [9.17, 15) is 9.59 Å². The summed E-state index contributed by atoms with van der Waals surface area (Å²) < 4.78 is 14.1. The van der Waals surface area contributed by atoms with Gasteiger partial charge in [0.2, 0.25) is 11.8 Å². The molecular formula is C29H33Cl2N7O4. The number of carbonyl (C=O) groups is 1. The van der Waals surface area contributed by atoms with Crippen molar-refractivity contribution in [2.24, 2.45) is 7.05 Å². The Labute approximate surface area is 254 Å². The van der Waals surface area contributed by atoms with Crippen LogP contribution in [0, 0.1) is 0 Å². The van der Waals surface area contributed by atoms with Gasteiger partial charge in [-0.25, -0.2) is 14.5 Å². The maximum absolute atomic E-state index is 13.5. The number of aromatic nitrogens is 5. The second-order valence-corrected chi connectivity index (χ2v) is 10.9. The summed E-state index contributed by atoms with van der Waals surface area (Å²) in [5.74, 6) is -0.0145. The molecule has 0 amide bonds. The van der Waals surface area contributed by atoms with Crippen LogP contribution in [0.5, 0.6) is 5.88 Å². The highest BCUT2D eigenvalue weighted by Gasteiger charge is 2.34. The molecule has 0 bridgehead atoms. The Kier molecular flexibility index (Phi) is 9.43. The van der Waals surface area contributed by atoms with E-state index in [2.05, 4.69) is 15.3 Å². The Balaban J connectivity index is 2.05. The first kappa shape index (κ1) is 30.9. The van der Waals surface area contributed by atoms with Crippen molar-refractivity contribution in [1.82, 2.24) is 24.3 Å². The third-order valence-corrected chi connectivity index (χ3v) is 6.98. The number of halogens is 2. The number of aryl methyl sites for hydroxylation is 1. The van der Waals surface area contributed by atoms with Gasteiger partial charge in [-0.3, -0.25) is 4.79 Å². The molecular weight excluding hydrogens is 581 g/mol. The minimum absolute atomic E-state index is 0.0469. The second kappa shape index (κ2) is 12.8. The van der Waals surface area contributed by atoms with E-state index in [1.165, 1.54) is 11.7 Å². The number of rotatable bonds is 10. The average Bonchev–Trinajstić information content (AvgIpc) is 3.35. The fraction of sp³-hybridized carbons (Fsp3) is 0.345. The largest absolute Gasteiger partial charge is 0.479 e. The number of ether oxygens (including phenoxy) is 2. The van der Waals surface area contributed by atoms with E-state index in [-0.39, 0.29) is 34.7 Å². The van der Waals surface area contributed by atoms with E-state index in [0.717, 1.165) is 5.56 Å². The van der Waals surface area contributed by atoms with Gasteiger partial charge in [-0.2, -0.15) is 10.1 Å². The lowest BCUT2D eigenvalue weighted by Crippen LogP contribution is -2.21. The van der Waals surface area contributed by atoms with Gasteiger partial charge in [-0.05, 0) is 36.6 Å². The van der Waals surface area contributed by atoms with Crippen LogP contribution in [-0.4, -0.2) is 58.1 Å². The lowest BCUT2D eigenvalue weighted by molar-refractivity contribution is 0.0517. The van der Waals surface area contributed by atoms with Gasteiger partial charge in [0.15, 0.2) is 5.69 Å². The first-order chi connectivity index (χ1) is 20.0. The third-order valence-electron chi connectivity index (χ3n) is 6.46. The van der Waals surface area contributed by atoms with Gasteiger partial charge in [0.25, 0.3) is 5.56 Å². The second-order valence-electron chi connectivity index (χ2n) is 10.0. The number of esters is 1. The average molecular weight is 615 g/mol. The number of pyridine rings is 1. The maximum Gasteiger partial charge on any atom is 0.359 e. The Morgan fingerprint density at radius 1 is 1.17 bits per heavy atom. The predicted molar refractivity (Wildman–Crippen MR) is 164 cm³/mol. The van der Waals surface area contributed by atoms with Crippen LogP contribution in [0.2, 0.25) is 10.0 Å². The van der Waals surface area contributed by atoms with Crippen LogP contribution >= 0.6 is 23.2 Å². The van der Waals surface area contributed by atoms with Crippen LogP contribution in [0.1, 0.15) is 60.0 Å². The number of anilines is 2. The van der Waals surface area contributed by atoms with Crippen molar-refractivity contribution in [3.63, 3.8) is 0 Å². The molecule has 0 radical (unpaired) electrons. The highest BCUT2D eigenvalue weighted by atomic mass is 35.5. The van der Waals surface area contributed by atoms with Gasteiger partial charge >= 0.3 is 5.97 Å². The molecule has 1 N–H and O–H groups in total. The summed E-state index contributed by atoms with van der Waals surface area (Å²) in [5.41, 5.74) is 2.81. The molecule has 3 heterocycles. The number of methoxy groups -OCH3 is 1. The summed E-state index contributed by atoms with van der Waals surface area (Å²) in [6, 6.07) is 8.15. The van der Waals surface area contributed by atoms with E-state index < -0.39 is 12.0 Å². The van der Waals surface area contributed by atoms with Crippen molar-refractivity contribution in [2.75, 3.05) is 38.0 Å². The lowest BCUT2D eigenvalue weighted by atomic mass is 9.92. The van der Waals surface area contributed by atoms with Crippen molar-refractivity contribution in [1.29, 1.82) is 0 Å². The molecule has 1 atom stereocenters. The molecule has 3 aromatic heterocycles. The zero-order valence-electron chi connectivity index (χ0n) is 24.5. The first-order valence-electron chi connectivity index (χ1n) is 13.2. The highest BCUT2D eigenvalue weighted by molar-refractivity contribution is 6.30. The highest BCUT2D eigenvalue weighted by Crippen LogP contribution is 2.38. The fourth-order valence-electron chi connectivity index (χ4n) is 4.57. The van der Waals surface area contributed by atoms with Crippen LogP contribution in [0.3, 0.4) is 0 Å². The summed E-state index contributed by atoms with van der Waals surface area (Å²) >= 11 is 12.5. The molecule has 4 rings (SSSR count). The van der Waals surface area contributed by atoms with Gasteiger partial charge in [-0.15, -0.1) is 0 Å². The number of benzene rings is 1. The fourth-order valence-corrected chi connectivity index (χ4v) is 4.95. The molecule has 11 nitrogen and oxygen atoms in total. The van der Waals surface area contributed by atoms with Gasteiger partial charge in [0, 0.05) is 37.9 Å². The Bertz CT molecular complexity index is 1620. The van der Waals surface area contributed by atoms with Crippen LogP contribution in [0.15, 0.2) is 47.5 Å². The third kappa shape index (κ3) is 6.22. The number of carbonyl (C=O) groups excluding carboxylic acids is 1. The molecule has 0 fully saturated rings. The molecule has 222 valence electrons. The molecule has 0 spiro atoms. The molecule has 0 saturated heterocycles. The maximum atomic E-state index is 13.5. The van der Waals surface area contributed by atoms with Crippen molar-refractivity contribution in [3.05, 3.63) is 85.6 Å². The molecule has 0 aliphatic rings. The monoisotopic (exact) mass is 613 g/mol. The van der Waals surface area contributed by atoms with Crippen LogP contribution in [-0.2, 0) is 11.8 Å². The molecule has 1 unspecified atom stereocenters. The van der Waals surface area contributed by atoms with E-state index in [1.807, 2.05) is 40.1 Å². The van der Waals surface area contributed by atoms with Gasteiger partial charge in [0.05, 0.1) is 37.3 Å². The van der Waals surface area contributed by atoms with E-state index in [1.54, 1.807) is 54.1 Å². The summed E-state index contributed by atoms with van der Waals surface area (Å²) in [6.45, 7) is 5.88. The smallest absolute Gasteiger partial charge is 0.359 e. The Morgan fingerprint density at radius 3 is 2.43 bits per heavy atom. The minimum atomic E-state index is -0.644. The molecule has 4 aromatic rings. The quantitative estimate of drug-likeness (QED) is 0.239. The molecule has 13 heteroatoms. The summed E-state index contributed by atoms with van der Waals surface area (Å²) in [4.78, 5) is 36.6. The van der Waals surface area contributed by atoms with Crippen LogP contribution < -0.4 is 20.5 Å². The molecule has 42 heavy (non-hydrogen) atoms. The number of hydrogen-bond donors (Lipinski definition) is 1. The number of hydrogen-bond acceptors (Lipinski definition) is 9. The van der Waals surface area contributed by atoms with Crippen molar-refractivity contribution in [3.8, 4) is 11.6 Å². The predicted octanol–water partition coefficient (Wildman–Crippen LogP) is 5.24. The summed E-state index contributed by atoms with van der Waals surface area (Å²) in [7, 11) is 6.78. The number of nitrogens with one attached hydrogen (secondary N) is 1. The normalized spacial score (nSPS) is 11.9. The van der Waals surface area contributed by atoms with E-state index >= 15 is 0 Å². The number of nitrogens with zero attached hydrogens (tertiary/aromatic N) is 6. The van der Waals surface area contributed by atoms with Crippen LogP contribution in [0.25, 0.3) is 5.69 Å². The Morgan fingerprint density at radius 2 is 1.86 bits per heavy atom. The molecule has 0 aliphatic heterocycles. The van der Waals surface area contributed by atoms with E-state index in [4.69, 9.17) is 37.8 Å². The van der Waals surface area contributed by atoms with Gasteiger partial charge in [-0.1, -0.05) is 49.2 Å². The van der Waals surface area contributed by atoms with E-state index in [0.29, 0.717) is 33.6 Å². The standard InChI is InChI=1S/C29H33Cl2N7O4/c1-8-42-28(40)24-22(25(16(2)3)38(35-24)21-14-32-29(36(4)5)34-26(21)41-7)23(17-9-11-18(30)12-10-17)33-19-13-20(31)27(39)37(6)15-19/h9-16,23,33H,8H2,1-7H3. The molecule has 0 aliphatic carbocycles. The summed E-state index contributed by atoms with van der Waals surface area (Å²) in [5, 5.41) is 8.85. The SMILES string of the molecule is CCOC(=O)c1nn(-c2cnc(N(C)C)nc2OC)c(C(C)C)c1C(Nc1cc(Cl)c(=O)n(C)c1)c1ccc(Cl)cc1. The minimum Gasteiger partial charge on any atom is -0.479 e. The lowest BCUT2D eigenvalue weighted by Gasteiger charge is -2.24. The van der Waals surface area contributed by atoms with Crippen molar-refractivity contribution < 1.29 is 14.3 Å². The zero-order chi connectivity index (χ0) is 30.7. The first-order valence-corrected chi connectivity index (χ1v) is 14.0. The van der Waals surface area contributed by atoms with Crippen molar-refractivity contribution >= 4 is 40.8 Å². The van der Waals surface area contributed by atoms with Crippen LogP contribution in [0.4, 0.5) is 11.6 Å².